The van der Waals surface area contributed by atoms with Crippen molar-refractivity contribution < 1.29 is 14.6 Å². The highest BCUT2D eigenvalue weighted by Crippen LogP contribution is 2.35. The van der Waals surface area contributed by atoms with E-state index < -0.39 is 11.4 Å². The molecule has 2 rings (SSSR count). The SMILES string of the molecule is O=C(O)C1(CCc2ccsc2)CCOCC1. The maximum Gasteiger partial charge on any atom is 0.309 e. The Kier molecular flexibility index (Phi) is 3.61. The summed E-state index contributed by atoms with van der Waals surface area (Å²) < 4.78 is 5.25. The third kappa shape index (κ3) is 2.44. The molecule has 0 bridgehead atoms. The van der Waals surface area contributed by atoms with Gasteiger partial charge in [0.1, 0.15) is 0 Å². The monoisotopic (exact) mass is 240 g/mol. The molecule has 1 aliphatic rings. The van der Waals surface area contributed by atoms with E-state index in [1.165, 1.54) is 5.56 Å². The van der Waals surface area contributed by atoms with E-state index in [0.29, 0.717) is 26.1 Å². The van der Waals surface area contributed by atoms with Gasteiger partial charge in [0.05, 0.1) is 5.41 Å². The van der Waals surface area contributed by atoms with Crippen molar-refractivity contribution in [3.8, 4) is 0 Å². The molecule has 0 spiro atoms. The zero-order chi connectivity index (χ0) is 11.4. The predicted octanol–water partition coefficient (Wildman–Crippen LogP) is 2.56. The number of aliphatic carboxylic acids is 1. The molecule has 3 nitrogen and oxygen atoms in total. The molecule has 1 aromatic rings. The van der Waals surface area contributed by atoms with E-state index in [1.807, 2.05) is 5.38 Å². The van der Waals surface area contributed by atoms with Gasteiger partial charge in [-0.2, -0.15) is 11.3 Å². The molecule has 1 aliphatic heterocycles. The fourth-order valence-electron chi connectivity index (χ4n) is 2.15. The number of thiophene rings is 1. The number of hydrogen-bond acceptors (Lipinski definition) is 3. The maximum absolute atomic E-state index is 11.4. The summed E-state index contributed by atoms with van der Waals surface area (Å²) in [7, 11) is 0. The minimum Gasteiger partial charge on any atom is -0.481 e. The highest BCUT2D eigenvalue weighted by Gasteiger charge is 2.39. The lowest BCUT2D eigenvalue weighted by molar-refractivity contribution is -0.155. The molecule has 88 valence electrons. The van der Waals surface area contributed by atoms with Gasteiger partial charge in [-0.3, -0.25) is 4.79 Å². The predicted molar refractivity (Wildman–Crippen MR) is 62.8 cm³/mol. The number of carboxylic acid groups (broad SMARTS) is 1. The number of hydrogen-bond donors (Lipinski definition) is 1. The number of carboxylic acids is 1. The summed E-state index contributed by atoms with van der Waals surface area (Å²) in [5.41, 5.74) is 0.692. The molecule has 0 saturated carbocycles. The molecule has 0 aliphatic carbocycles. The van der Waals surface area contributed by atoms with Crippen LogP contribution in [0.3, 0.4) is 0 Å². The molecular weight excluding hydrogens is 224 g/mol. The molecule has 0 unspecified atom stereocenters. The van der Waals surface area contributed by atoms with Crippen molar-refractivity contribution in [2.45, 2.75) is 25.7 Å². The van der Waals surface area contributed by atoms with Gasteiger partial charge in [-0.05, 0) is 48.1 Å². The second-order valence-electron chi connectivity index (χ2n) is 4.33. The third-order valence-electron chi connectivity index (χ3n) is 3.38. The highest BCUT2D eigenvalue weighted by atomic mass is 32.1. The third-order valence-corrected chi connectivity index (χ3v) is 4.11. The van der Waals surface area contributed by atoms with E-state index in [-0.39, 0.29) is 0 Å². The van der Waals surface area contributed by atoms with Gasteiger partial charge in [-0.1, -0.05) is 0 Å². The second-order valence-corrected chi connectivity index (χ2v) is 5.11. The molecular formula is C12H16O3S. The first-order chi connectivity index (χ1) is 7.73. The van der Waals surface area contributed by atoms with Crippen LogP contribution in [0.1, 0.15) is 24.8 Å². The van der Waals surface area contributed by atoms with E-state index in [4.69, 9.17) is 4.74 Å². The van der Waals surface area contributed by atoms with Crippen LogP contribution < -0.4 is 0 Å². The zero-order valence-corrected chi connectivity index (χ0v) is 9.96. The molecule has 1 saturated heterocycles. The topological polar surface area (TPSA) is 46.5 Å². The second kappa shape index (κ2) is 4.97. The fourth-order valence-corrected chi connectivity index (χ4v) is 2.85. The van der Waals surface area contributed by atoms with Gasteiger partial charge >= 0.3 is 5.97 Å². The van der Waals surface area contributed by atoms with Gasteiger partial charge in [-0.15, -0.1) is 0 Å². The Balaban J connectivity index is 2.00. The lowest BCUT2D eigenvalue weighted by atomic mass is 9.76. The van der Waals surface area contributed by atoms with Crippen molar-refractivity contribution in [1.29, 1.82) is 0 Å². The average Bonchev–Trinajstić information content (AvgIpc) is 2.80. The first-order valence-electron chi connectivity index (χ1n) is 5.55. The van der Waals surface area contributed by atoms with Crippen LogP contribution in [-0.2, 0) is 16.0 Å². The molecule has 0 radical (unpaired) electrons. The van der Waals surface area contributed by atoms with Crippen molar-refractivity contribution in [3.63, 3.8) is 0 Å². The van der Waals surface area contributed by atoms with Crippen LogP contribution in [0.4, 0.5) is 0 Å². The van der Waals surface area contributed by atoms with Crippen LogP contribution in [0, 0.1) is 5.41 Å². The average molecular weight is 240 g/mol. The highest BCUT2D eigenvalue weighted by molar-refractivity contribution is 7.07. The Labute approximate surface area is 99.1 Å². The Bertz CT molecular complexity index is 339. The first-order valence-corrected chi connectivity index (χ1v) is 6.49. The van der Waals surface area contributed by atoms with Crippen LogP contribution >= 0.6 is 11.3 Å². The minimum atomic E-state index is -0.661. The van der Waals surface area contributed by atoms with E-state index in [2.05, 4.69) is 11.4 Å². The van der Waals surface area contributed by atoms with Gasteiger partial charge in [0.15, 0.2) is 0 Å². The van der Waals surface area contributed by atoms with Gasteiger partial charge in [0, 0.05) is 13.2 Å². The summed E-state index contributed by atoms with van der Waals surface area (Å²) in [5.74, 6) is -0.661. The lowest BCUT2D eigenvalue weighted by Crippen LogP contribution is -2.37. The van der Waals surface area contributed by atoms with Crippen molar-refractivity contribution >= 4 is 17.3 Å². The molecule has 4 heteroatoms. The van der Waals surface area contributed by atoms with Crippen LogP contribution in [0.25, 0.3) is 0 Å². The normalized spacial score (nSPS) is 19.5. The quantitative estimate of drug-likeness (QED) is 0.879. The van der Waals surface area contributed by atoms with Crippen molar-refractivity contribution in [2.75, 3.05) is 13.2 Å². The molecule has 0 atom stereocenters. The van der Waals surface area contributed by atoms with Crippen molar-refractivity contribution in [1.82, 2.24) is 0 Å². The Morgan fingerprint density at radius 3 is 2.81 bits per heavy atom. The summed E-state index contributed by atoms with van der Waals surface area (Å²) in [4.78, 5) is 11.4. The summed E-state index contributed by atoms with van der Waals surface area (Å²) in [6, 6.07) is 2.07. The number of aryl methyl sites for hydroxylation is 1. The van der Waals surface area contributed by atoms with Crippen LogP contribution in [0.15, 0.2) is 16.8 Å². The standard InChI is InChI=1S/C12H16O3S/c13-11(14)12(4-6-15-7-5-12)3-1-10-2-8-16-9-10/h2,8-9H,1,3-7H2,(H,13,14). The molecule has 1 N–H and O–H groups in total. The fraction of sp³-hybridized carbons (Fsp3) is 0.583. The van der Waals surface area contributed by atoms with Gasteiger partial charge in [-0.25, -0.2) is 0 Å². The summed E-state index contributed by atoms with van der Waals surface area (Å²) in [6.45, 7) is 1.16. The Morgan fingerprint density at radius 2 is 2.25 bits per heavy atom. The molecule has 0 amide bonds. The first kappa shape index (κ1) is 11.6. The number of carbonyl (C=O) groups is 1. The molecule has 1 aromatic heterocycles. The molecule has 16 heavy (non-hydrogen) atoms. The molecule has 1 fully saturated rings. The van der Waals surface area contributed by atoms with Gasteiger partial charge < -0.3 is 9.84 Å². The maximum atomic E-state index is 11.4. The van der Waals surface area contributed by atoms with Crippen molar-refractivity contribution in [3.05, 3.63) is 22.4 Å². The summed E-state index contributed by atoms with van der Waals surface area (Å²) >= 11 is 1.66. The van der Waals surface area contributed by atoms with Crippen LogP contribution in [-0.4, -0.2) is 24.3 Å². The summed E-state index contributed by atoms with van der Waals surface area (Å²) in [6.07, 6.45) is 2.87. The molecule has 0 aromatic carbocycles. The Morgan fingerprint density at radius 1 is 1.50 bits per heavy atom. The number of ether oxygens (including phenoxy) is 1. The minimum absolute atomic E-state index is 0.555. The van der Waals surface area contributed by atoms with Gasteiger partial charge in [0.2, 0.25) is 0 Å². The van der Waals surface area contributed by atoms with E-state index >= 15 is 0 Å². The largest absolute Gasteiger partial charge is 0.481 e. The van der Waals surface area contributed by atoms with E-state index in [0.717, 1.165) is 12.8 Å². The van der Waals surface area contributed by atoms with E-state index in [1.54, 1.807) is 11.3 Å². The van der Waals surface area contributed by atoms with Crippen LogP contribution in [0.5, 0.6) is 0 Å². The van der Waals surface area contributed by atoms with Crippen LogP contribution in [0.2, 0.25) is 0 Å². The molecule has 2 heterocycles. The zero-order valence-electron chi connectivity index (χ0n) is 9.15. The number of rotatable bonds is 4. The summed E-state index contributed by atoms with van der Waals surface area (Å²) in [5, 5.41) is 13.5. The smallest absolute Gasteiger partial charge is 0.309 e. The Hall–Kier alpha value is -0.870. The lowest BCUT2D eigenvalue weighted by Gasteiger charge is -2.33. The van der Waals surface area contributed by atoms with E-state index in [9.17, 15) is 9.90 Å². The van der Waals surface area contributed by atoms with Gasteiger partial charge in [0.25, 0.3) is 0 Å². The van der Waals surface area contributed by atoms with Crippen molar-refractivity contribution in [2.24, 2.45) is 5.41 Å².